The second-order valence-electron chi connectivity index (χ2n) is 5.38. The number of aryl methyl sites for hydroxylation is 2. The van der Waals surface area contributed by atoms with Gasteiger partial charge < -0.3 is 5.73 Å². The van der Waals surface area contributed by atoms with Crippen LogP contribution in [0.1, 0.15) is 47.2 Å². The molecule has 4 heteroatoms. The molecule has 0 bridgehead atoms. The standard InChI is InChI=1S/C15H22N2O2/c1-10-3-4-12(9-11(10)2)15(18)17-19-14-7-5-13(16)6-8-14/h3-4,9,13-14H,5-8,16H2,1-2H3,(H,17,18). The predicted molar refractivity (Wildman–Crippen MR) is 74.7 cm³/mol. The van der Waals surface area contributed by atoms with E-state index < -0.39 is 0 Å². The minimum atomic E-state index is -0.182. The van der Waals surface area contributed by atoms with Crippen molar-refractivity contribution >= 4 is 5.91 Å². The van der Waals surface area contributed by atoms with Crippen molar-refractivity contribution in [2.45, 2.75) is 51.7 Å². The van der Waals surface area contributed by atoms with Gasteiger partial charge in [-0.25, -0.2) is 5.48 Å². The first kappa shape index (κ1) is 14.0. The number of carbonyl (C=O) groups is 1. The van der Waals surface area contributed by atoms with Crippen LogP contribution in [0, 0.1) is 13.8 Å². The van der Waals surface area contributed by atoms with E-state index in [2.05, 4.69) is 5.48 Å². The van der Waals surface area contributed by atoms with Crippen LogP contribution in [-0.2, 0) is 4.84 Å². The maximum absolute atomic E-state index is 12.0. The number of carbonyl (C=O) groups excluding carboxylic acids is 1. The van der Waals surface area contributed by atoms with Crippen molar-refractivity contribution in [3.63, 3.8) is 0 Å². The van der Waals surface area contributed by atoms with Crippen molar-refractivity contribution in [2.75, 3.05) is 0 Å². The Labute approximate surface area is 114 Å². The van der Waals surface area contributed by atoms with Crippen LogP contribution >= 0.6 is 0 Å². The molecule has 4 nitrogen and oxygen atoms in total. The number of rotatable bonds is 3. The molecule has 0 heterocycles. The zero-order valence-corrected chi connectivity index (χ0v) is 11.6. The summed E-state index contributed by atoms with van der Waals surface area (Å²) in [5, 5.41) is 0. The van der Waals surface area contributed by atoms with E-state index in [1.807, 2.05) is 32.0 Å². The van der Waals surface area contributed by atoms with Crippen molar-refractivity contribution in [3.8, 4) is 0 Å². The molecule has 19 heavy (non-hydrogen) atoms. The van der Waals surface area contributed by atoms with E-state index in [4.69, 9.17) is 10.6 Å². The van der Waals surface area contributed by atoms with Gasteiger partial charge in [-0.15, -0.1) is 0 Å². The summed E-state index contributed by atoms with van der Waals surface area (Å²) >= 11 is 0. The number of nitrogens with two attached hydrogens (primary N) is 1. The molecule has 1 aliphatic carbocycles. The summed E-state index contributed by atoms with van der Waals surface area (Å²) in [4.78, 5) is 17.4. The van der Waals surface area contributed by atoms with E-state index in [-0.39, 0.29) is 18.1 Å². The van der Waals surface area contributed by atoms with Gasteiger partial charge in [0.1, 0.15) is 0 Å². The smallest absolute Gasteiger partial charge is 0.274 e. The quantitative estimate of drug-likeness (QED) is 0.821. The fraction of sp³-hybridized carbons (Fsp3) is 0.533. The maximum Gasteiger partial charge on any atom is 0.274 e. The molecule has 0 atom stereocenters. The Morgan fingerprint density at radius 3 is 2.53 bits per heavy atom. The molecule has 0 spiro atoms. The van der Waals surface area contributed by atoms with Crippen molar-refractivity contribution in [1.29, 1.82) is 0 Å². The lowest BCUT2D eigenvalue weighted by atomic mass is 9.94. The average Bonchev–Trinajstić information content (AvgIpc) is 2.41. The van der Waals surface area contributed by atoms with E-state index in [9.17, 15) is 4.79 Å². The Morgan fingerprint density at radius 2 is 1.89 bits per heavy atom. The van der Waals surface area contributed by atoms with Gasteiger partial charge in [0.25, 0.3) is 5.91 Å². The van der Waals surface area contributed by atoms with E-state index in [1.54, 1.807) is 0 Å². The summed E-state index contributed by atoms with van der Waals surface area (Å²) in [6.07, 6.45) is 3.84. The third kappa shape index (κ3) is 3.78. The summed E-state index contributed by atoms with van der Waals surface area (Å²) in [5.74, 6) is -0.182. The highest BCUT2D eigenvalue weighted by Crippen LogP contribution is 2.19. The zero-order valence-electron chi connectivity index (χ0n) is 11.6. The normalized spacial score (nSPS) is 23.1. The molecule has 2 rings (SSSR count). The first-order valence-electron chi connectivity index (χ1n) is 6.85. The highest BCUT2D eigenvalue weighted by atomic mass is 16.7. The summed E-state index contributed by atoms with van der Waals surface area (Å²) < 4.78 is 0. The van der Waals surface area contributed by atoms with Gasteiger partial charge in [0.15, 0.2) is 0 Å². The van der Waals surface area contributed by atoms with Crippen molar-refractivity contribution in [3.05, 3.63) is 34.9 Å². The number of amides is 1. The molecule has 0 unspecified atom stereocenters. The fourth-order valence-electron chi connectivity index (χ4n) is 2.28. The Morgan fingerprint density at radius 1 is 1.21 bits per heavy atom. The third-order valence-corrected chi connectivity index (χ3v) is 3.81. The first-order valence-corrected chi connectivity index (χ1v) is 6.85. The van der Waals surface area contributed by atoms with Crippen LogP contribution < -0.4 is 11.2 Å². The molecule has 1 fully saturated rings. The lowest BCUT2D eigenvalue weighted by molar-refractivity contribution is -0.0331. The van der Waals surface area contributed by atoms with E-state index in [1.165, 1.54) is 5.56 Å². The molecule has 3 N–H and O–H groups in total. The van der Waals surface area contributed by atoms with Crippen LogP contribution in [0.3, 0.4) is 0 Å². The molecule has 1 saturated carbocycles. The van der Waals surface area contributed by atoms with Gasteiger partial charge in [0.2, 0.25) is 0 Å². The van der Waals surface area contributed by atoms with Crippen molar-refractivity contribution < 1.29 is 9.63 Å². The highest BCUT2D eigenvalue weighted by Gasteiger charge is 2.20. The molecule has 1 aliphatic rings. The first-order chi connectivity index (χ1) is 9.06. The van der Waals surface area contributed by atoms with Crippen LogP contribution in [0.15, 0.2) is 18.2 Å². The van der Waals surface area contributed by atoms with Gasteiger partial charge >= 0.3 is 0 Å². The van der Waals surface area contributed by atoms with Crippen molar-refractivity contribution in [1.82, 2.24) is 5.48 Å². The van der Waals surface area contributed by atoms with E-state index in [0.29, 0.717) is 5.56 Å². The second-order valence-corrected chi connectivity index (χ2v) is 5.38. The summed E-state index contributed by atoms with van der Waals surface area (Å²) in [6.45, 7) is 4.02. The molecule has 0 radical (unpaired) electrons. The van der Waals surface area contributed by atoms with Gasteiger partial charge in [-0.1, -0.05) is 6.07 Å². The van der Waals surface area contributed by atoms with Crippen LogP contribution in [0.2, 0.25) is 0 Å². The predicted octanol–water partition coefficient (Wildman–Crippen LogP) is 2.23. The number of hydroxylamine groups is 1. The molecule has 0 saturated heterocycles. The van der Waals surface area contributed by atoms with Gasteiger partial charge in [0.05, 0.1) is 6.10 Å². The Hall–Kier alpha value is -1.39. The van der Waals surface area contributed by atoms with Crippen LogP contribution in [0.5, 0.6) is 0 Å². The maximum atomic E-state index is 12.0. The Balaban J connectivity index is 1.85. The van der Waals surface area contributed by atoms with E-state index in [0.717, 1.165) is 31.2 Å². The lowest BCUT2D eigenvalue weighted by Crippen LogP contribution is -2.35. The highest BCUT2D eigenvalue weighted by molar-refractivity contribution is 5.93. The number of nitrogens with one attached hydrogen (secondary N) is 1. The summed E-state index contributed by atoms with van der Waals surface area (Å²) in [6, 6.07) is 5.93. The van der Waals surface area contributed by atoms with Gasteiger partial charge in [-0.2, -0.15) is 0 Å². The van der Waals surface area contributed by atoms with E-state index >= 15 is 0 Å². The molecule has 0 aromatic heterocycles. The topological polar surface area (TPSA) is 64.3 Å². The molecule has 0 aliphatic heterocycles. The van der Waals surface area contributed by atoms with Gasteiger partial charge in [-0.05, 0) is 62.8 Å². The average molecular weight is 262 g/mol. The Bertz CT molecular complexity index is 451. The lowest BCUT2D eigenvalue weighted by Gasteiger charge is -2.25. The van der Waals surface area contributed by atoms with Gasteiger partial charge in [0, 0.05) is 11.6 Å². The SMILES string of the molecule is Cc1ccc(C(=O)NOC2CCC(N)CC2)cc1C. The van der Waals surface area contributed by atoms with Crippen molar-refractivity contribution in [2.24, 2.45) is 5.73 Å². The molecule has 1 amide bonds. The minimum Gasteiger partial charge on any atom is -0.328 e. The number of benzene rings is 1. The van der Waals surface area contributed by atoms with Crippen LogP contribution in [0.4, 0.5) is 0 Å². The molecular weight excluding hydrogens is 240 g/mol. The summed E-state index contributed by atoms with van der Waals surface area (Å²) in [5.41, 5.74) is 11.3. The molecule has 1 aromatic rings. The minimum absolute atomic E-state index is 0.0929. The number of hydrogen-bond donors (Lipinski definition) is 2. The second kappa shape index (κ2) is 6.17. The van der Waals surface area contributed by atoms with Gasteiger partial charge in [-0.3, -0.25) is 9.63 Å². The third-order valence-electron chi connectivity index (χ3n) is 3.81. The zero-order chi connectivity index (χ0) is 13.8. The van der Waals surface area contributed by atoms with Crippen LogP contribution in [-0.4, -0.2) is 18.1 Å². The molecule has 104 valence electrons. The Kier molecular flexibility index (Phi) is 4.56. The fourth-order valence-corrected chi connectivity index (χ4v) is 2.28. The largest absolute Gasteiger partial charge is 0.328 e. The molecular formula is C15H22N2O2. The molecule has 1 aromatic carbocycles. The van der Waals surface area contributed by atoms with Crippen LogP contribution in [0.25, 0.3) is 0 Å². The number of hydrogen-bond acceptors (Lipinski definition) is 3. The summed E-state index contributed by atoms with van der Waals surface area (Å²) in [7, 11) is 0. The monoisotopic (exact) mass is 262 g/mol.